The van der Waals surface area contributed by atoms with Gasteiger partial charge < -0.3 is 10.1 Å². The maximum atomic E-state index is 12.8. The molecule has 2 aromatic rings. The number of methoxy groups -OCH3 is 1. The molecule has 0 aliphatic heterocycles. The lowest BCUT2D eigenvalue weighted by atomic mass is 10.0. The topological polar surface area (TPSA) is 38.3 Å². The highest BCUT2D eigenvalue weighted by molar-refractivity contribution is 5.94. The highest BCUT2D eigenvalue weighted by Gasteiger charge is 2.37. The molecular formula is C17H13F6NO2. The van der Waals surface area contributed by atoms with E-state index in [1.165, 1.54) is 7.11 Å². The molecule has 1 N–H and O–H groups in total. The zero-order valence-corrected chi connectivity index (χ0v) is 13.3. The quantitative estimate of drug-likeness (QED) is 0.787. The van der Waals surface area contributed by atoms with Crippen molar-refractivity contribution in [2.75, 3.05) is 7.11 Å². The first-order valence-electron chi connectivity index (χ1n) is 7.21. The second kappa shape index (κ2) is 7.27. The van der Waals surface area contributed by atoms with E-state index in [9.17, 15) is 31.1 Å². The Kier molecular flexibility index (Phi) is 5.48. The summed E-state index contributed by atoms with van der Waals surface area (Å²) in [7, 11) is 1.46. The first-order valence-corrected chi connectivity index (χ1v) is 7.21. The molecule has 2 aromatic carbocycles. The summed E-state index contributed by atoms with van der Waals surface area (Å²) in [6.45, 7) is -0.0690. The summed E-state index contributed by atoms with van der Waals surface area (Å²) in [6, 6.07) is 7.16. The molecule has 0 heterocycles. The van der Waals surface area contributed by atoms with Gasteiger partial charge in [-0.05, 0) is 35.9 Å². The van der Waals surface area contributed by atoms with Crippen LogP contribution in [0.3, 0.4) is 0 Å². The third kappa shape index (κ3) is 4.90. The number of rotatable bonds is 4. The van der Waals surface area contributed by atoms with Gasteiger partial charge in [0.25, 0.3) is 5.91 Å². The maximum Gasteiger partial charge on any atom is 0.416 e. The second-order valence-corrected chi connectivity index (χ2v) is 5.33. The van der Waals surface area contributed by atoms with Crippen molar-refractivity contribution in [2.24, 2.45) is 0 Å². The van der Waals surface area contributed by atoms with Crippen molar-refractivity contribution in [3.05, 3.63) is 64.7 Å². The van der Waals surface area contributed by atoms with E-state index in [0.717, 1.165) is 0 Å². The number of alkyl halides is 6. The van der Waals surface area contributed by atoms with Crippen LogP contribution in [-0.4, -0.2) is 13.0 Å². The Bertz CT molecular complexity index is 749. The van der Waals surface area contributed by atoms with Crippen molar-refractivity contribution < 1.29 is 35.9 Å². The molecule has 0 unspecified atom stereocenters. The summed E-state index contributed by atoms with van der Waals surface area (Å²) in [4.78, 5) is 12.0. The molecular weight excluding hydrogens is 364 g/mol. The Hall–Kier alpha value is -2.71. The van der Waals surface area contributed by atoms with Crippen LogP contribution in [0.2, 0.25) is 0 Å². The third-order valence-corrected chi connectivity index (χ3v) is 3.46. The van der Waals surface area contributed by atoms with Gasteiger partial charge in [-0.25, -0.2) is 0 Å². The van der Waals surface area contributed by atoms with Gasteiger partial charge in [0.15, 0.2) is 0 Å². The van der Waals surface area contributed by atoms with Gasteiger partial charge >= 0.3 is 12.4 Å². The molecule has 0 saturated carbocycles. The average molecular weight is 377 g/mol. The van der Waals surface area contributed by atoms with Crippen molar-refractivity contribution in [3.63, 3.8) is 0 Å². The van der Waals surface area contributed by atoms with Crippen molar-refractivity contribution in [3.8, 4) is 5.75 Å². The molecule has 0 atom stereocenters. The number of carbonyl (C=O) groups excluding carboxylic acids is 1. The van der Waals surface area contributed by atoms with E-state index >= 15 is 0 Å². The Morgan fingerprint density at radius 2 is 1.42 bits per heavy atom. The summed E-state index contributed by atoms with van der Waals surface area (Å²) in [5.41, 5.74) is -3.20. The van der Waals surface area contributed by atoms with E-state index in [4.69, 9.17) is 4.74 Å². The van der Waals surface area contributed by atoms with E-state index in [2.05, 4.69) is 5.32 Å². The fraction of sp³-hybridized carbons (Fsp3) is 0.235. The third-order valence-electron chi connectivity index (χ3n) is 3.46. The van der Waals surface area contributed by atoms with Gasteiger partial charge in [-0.3, -0.25) is 4.79 Å². The minimum absolute atomic E-state index is 0.0275. The molecule has 1 amide bonds. The Morgan fingerprint density at radius 3 is 1.85 bits per heavy atom. The van der Waals surface area contributed by atoms with E-state index < -0.39 is 35.0 Å². The lowest BCUT2D eigenvalue weighted by Crippen LogP contribution is -2.24. The van der Waals surface area contributed by atoms with Crippen molar-refractivity contribution in [1.82, 2.24) is 5.32 Å². The second-order valence-electron chi connectivity index (χ2n) is 5.33. The lowest BCUT2D eigenvalue weighted by Gasteiger charge is -2.14. The molecule has 0 aromatic heterocycles. The number of hydrogen-bond acceptors (Lipinski definition) is 2. The molecule has 0 bridgehead atoms. The predicted octanol–water partition coefficient (Wildman–Crippen LogP) is 4.66. The van der Waals surface area contributed by atoms with Crippen LogP contribution < -0.4 is 10.1 Å². The maximum absolute atomic E-state index is 12.8. The van der Waals surface area contributed by atoms with Crippen LogP contribution in [0.5, 0.6) is 5.75 Å². The Morgan fingerprint density at radius 1 is 0.923 bits per heavy atom. The fourth-order valence-corrected chi connectivity index (χ4v) is 2.11. The van der Waals surface area contributed by atoms with Crippen LogP contribution in [-0.2, 0) is 18.9 Å². The number of nitrogens with one attached hydrogen (secondary N) is 1. The number of carbonyl (C=O) groups is 1. The molecule has 3 nitrogen and oxygen atoms in total. The van der Waals surface area contributed by atoms with Crippen LogP contribution in [0.15, 0.2) is 42.5 Å². The molecule has 140 valence electrons. The van der Waals surface area contributed by atoms with Crippen molar-refractivity contribution in [1.29, 1.82) is 0 Å². The fourth-order valence-electron chi connectivity index (χ4n) is 2.11. The van der Waals surface area contributed by atoms with Crippen LogP contribution in [0.1, 0.15) is 27.0 Å². The molecule has 0 fully saturated rings. The van der Waals surface area contributed by atoms with E-state index in [1.54, 1.807) is 24.3 Å². The van der Waals surface area contributed by atoms with Gasteiger partial charge in [0, 0.05) is 12.1 Å². The molecule has 0 radical (unpaired) electrons. The van der Waals surface area contributed by atoms with E-state index in [0.29, 0.717) is 23.4 Å². The van der Waals surface area contributed by atoms with Crippen LogP contribution in [0.4, 0.5) is 26.3 Å². The summed E-state index contributed by atoms with van der Waals surface area (Å²) >= 11 is 0. The molecule has 0 aliphatic rings. The van der Waals surface area contributed by atoms with Gasteiger partial charge in [0.05, 0.1) is 18.2 Å². The number of hydrogen-bond donors (Lipinski definition) is 1. The number of benzene rings is 2. The van der Waals surface area contributed by atoms with Crippen molar-refractivity contribution in [2.45, 2.75) is 18.9 Å². The average Bonchev–Trinajstić information content (AvgIpc) is 2.58. The molecule has 26 heavy (non-hydrogen) atoms. The van der Waals surface area contributed by atoms with Gasteiger partial charge in [-0.2, -0.15) is 26.3 Å². The first-order chi connectivity index (χ1) is 12.0. The van der Waals surface area contributed by atoms with Crippen LogP contribution in [0.25, 0.3) is 0 Å². The van der Waals surface area contributed by atoms with Crippen LogP contribution in [0, 0.1) is 0 Å². The molecule has 0 aliphatic carbocycles. The highest BCUT2D eigenvalue weighted by Crippen LogP contribution is 2.36. The van der Waals surface area contributed by atoms with Crippen LogP contribution >= 0.6 is 0 Å². The summed E-state index contributed by atoms with van der Waals surface area (Å²) < 4.78 is 81.8. The first kappa shape index (κ1) is 19.6. The van der Waals surface area contributed by atoms with E-state index in [-0.39, 0.29) is 12.6 Å². The minimum Gasteiger partial charge on any atom is -0.497 e. The van der Waals surface area contributed by atoms with Gasteiger partial charge in [-0.1, -0.05) is 12.1 Å². The summed E-state index contributed by atoms with van der Waals surface area (Å²) in [6.07, 6.45) is -10.0. The van der Waals surface area contributed by atoms with Crippen molar-refractivity contribution >= 4 is 5.91 Å². The molecule has 2 rings (SSSR count). The Labute approximate surface area is 144 Å². The minimum atomic E-state index is -5.01. The Balaban J connectivity index is 2.23. The summed E-state index contributed by atoms with van der Waals surface area (Å²) in [5.74, 6) is -0.481. The number of amides is 1. The standard InChI is InChI=1S/C17H13F6NO2/c1-26-14-4-2-10(3-5-14)9-24-15(25)11-6-12(16(18,19)20)8-13(7-11)17(21,22)23/h2-8H,9H2,1H3,(H,24,25). The SMILES string of the molecule is COc1ccc(CNC(=O)c2cc(C(F)(F)F)cc(C(F)(F)F)c2)cc1. The number of halogens is 6. The zero-order valence-electron chi connectivity index (χ0n) is 13.3. The van der Waals surface area contributed by atoms with Gasteiger partial charge in [-0.15, -0.1) is 0 Å². The predicted molar refractivity (Wildman–Crippen MR) is 80.6 cm³/mol. The zero-order chi connectivity index (χ0) is 19.5. The van der Waals surface area contributed by atoms with Gasteiger partial charge in [0.2, 0.25) is 0 Å². The van der Waals surface area contributed by atoms with E-state index in [1.807, 2.05) is 0 Å². The summed E-state index contributed by atoms with van der Waals surface area (Å²) in [5, 5.41) is 2.30. The largest absolute Gasteiger partial charge is 0.497 e. The molecule has 0 spiro atoms. The molecule has 9 heteroatoms. The van der Waals surface area contributed by atoms with Gasteiger partial charge in [0.1, 0.15) is 5.75 Å². The normalized spacial score (nSPS) is 12.0. The number of ether oxygens (including phenoxy) is 1. The smallest absolute Gasteiger partial charge is 0.416 e. The molecule has 0 saturated heterocycles. The lowest BCUT2D eigenvalue weighted by molar-refractivity contribution is -0.143. The monoisotopic (exact) mass is 377 g/mol. The highest BCUT2D eigenvalue weighted by atomic mass is 19.4.